The molecule has 0 atom stereocenters. The zero-order valence-electron chi connectivity index (χ0n) is 14.8. The fourth-order valence-electron chi connectivity index (χ4n) is 2.91. The van der Waals surface area contributed by atoms with Crippen LogP contribution in [0.4, 0.5) is 5.69 Å². The van der Waals surface area contributed by atoms with Crippen molar-refractivity contribution >= 4 is 29.5 Å². The van der Waals surface area contributed by atoms with E-state index in [0.717, 1.165) is 28.3 Å². The third-order valence-corrected chi connectivity index (χ3v) is 4.61. The number of aryl methyl sites for hydroxylation is 2. The van der Waals surface area contributed by atoms with Crippen molar-refractivity contribution in [3.05, 3.63) is 81.6 Å². The van der Waals surface area contributed by atoms with E-state index in [4.69, 9.17) is 16.7 Å². The van der Waals surface area contributed by atoms with Crippen molar-refractivity contribution < 1.29 is 9.90 Å². The molecular formula is C21H19ClN2O2. The average molecular weight is 367 g/mol. The first kappa shape index (κ1) is 18.0. The van der Waals surface area contributed by atoms with Crippen molar-refractivity contribution in [3.8, 4) is 5.69 Å². The monoisotopic (exact) mass is 366 g/mol. The number of nitrogens with zero attached hydrogens (tertiary/aromatic N) is 2. The highest BCUT2D eigenvalue weighted by atomic mass is 35.5. The Kier molecular flexibility index (Phi) is 4.96. The number of aliphatic imine (C=N–C) groups is 1. The van der Waals surface area contributed by atoms with Gasteiger partial charge in [-0.3, -0.25) is 4.99 Å². The molecule has 26 heavy (non-hydrogen) atoms. The summed E-state index contributed by atoms with van der Waals surface area (Å²) in [5.74, 6) is -1.03. The van der Waals surface area contributed by atoms with E-state index in [1.54, 1.807) is 12.1 Å². The molecule has 0 aliphatic rings. The molecule has 5 heteroatoms. The second kappa shape index (κ2) is 7.18. The summed E-state index contributed by atoms with van der Waals surface area (Å²) in [4.78, 5) is 15.7. The minimum absolute atomic E-state index is 0.0963. The first-order valence-electron chi connectivity index (χ1n) is 8.19. The maximum atomic E-state index is 11.1. The van der Waals surface area contributed by atoms with Gasteiger partial charge in [0, 0.05) is 28.9 Å². The number of aromatic nitrogens is 1. The van der Waals surface area contributed by atoms with Crippen molar-refractivity contribution in [1.29, 1.82) is 0 Å². The molecule has 0 spiro atoms. The Morgan fingerprint density at radius 1 is 1.08 bits per heavy atom. The predicted octanol–water partition coefficient (Wildman–Crippen LogP) is 5.50. The van der Waals surface area contributed by atoms with Crippen LogP contribution in [-0.4, -0.2) is 21.9 Å². The number of hydrogen-bond donors (Lipinski definition) is 1. The van der Waals surface area contributed by atoms with Gasteiger partial charge in [0.25, 0.3) is 0 Å². The Balaban J connectivity index is 1.97. The summed E-state index contributed by atoms with van der Waals surface area (Å²) in [7, 11) is 0. The van der Waals surface area contributed by atoms with Crippen LogP contribution in [0.3, 0.4) is 0 Å². The highest BCUT2D eigenvalue weighted by Crippen LogP contribution is 2.25. The third-order valence-electron chi connectivity index (χ3n) is 4.30. The van der Waals surface area contributed by atoms with Gasteiger partial charge in [0.2, 0.25) is 0 Å². The van der Waals surface area contributed by atoms with E-state index in [0.29, 0.717) is 0 Å². The van der Waals surface area contributed by atoms with Gasteiger partial charge in [-0.15, -0.1) is 0 Å². The molecule has 1 heterocycles. The van der Waals surface area contributed by atoms with E-state index in [2.05, 4.69) is 4.99 Å². The summed E-state index contributed by atoms with van der Waals surface area (Å²) in [6.07, 6.45) is 1.84. The second-order valence-corrected chi connectivity index (χ2v) is 6.63. The number of rotatable bonds is 4. The van der Waals surface area contributed by atoms with Crippen LogP contribution in [0.5, 0.6) is 0 Å². The Morgan fingerprint density at radius 3 is 2.38 bits per heavy atom. The summed E-state index contributed by atoms with van der Waals surface area (Å²) < 4.78 is 2.04. The van der Waals surface area contributed by atoms with Crippen molar-refractivity contribution in [2.45, 2.75) is 20.8 Å². The lowest BCUT2D eigenvalue weighted by atomic mass is 10.2. The Hall–Kier alpha value is -2.85. The maximum absolute atomic E-state index is 11.1. The smallest absolute Gasteiger partial charge is 0.337 e. The van der Waals surface area contributed by atoms with Gasteiger partial charge >= 0.3 is 5.97 Å². The highest BCUT2D eigenvalue weighted by molar-refractivity contribution is 6.33. The van der Waals surface area contributed by atoms with Crippen LogP contribution in [0.15, 0.2) is 53.5 Å². The van der Waals surface area contributed by atoms with Crippen LogP contribution in [-0.2, 0) is 0 Å². The predicted molar refractivity (Wildman–Crippen MR) is 106 cm³/mol. The molecule has 0 fully saturated rings. The van der Waals surface area contributed by atoms with Crippen LogP contribution in [0, 0.1) is 20.8 Å². The van der Waals surface area contributed by atoms with Gasteiger partial charge in [-0.2, -0.15) is 0 Å². The molecule has 2 aromatic carbocycles. The quantitative estimate of drug-likeness (QED) is 0.619. The fourth-order valence-corrected chi connectivity index (χ4v) is 3.16. The number of carboxylic acid groups (broad SMARTS) is 1. The molecule has 0 amide bonds. The van der Waals surface area contributed by atoms with Crippen molar-refractivity contribution in [2.24, 2.45) is 4.99 Å². The van der Waals surface area contributed by atoms with Crippen molar-refractivity contribution in [2.75, 3.05) is 0 Å². The molecule has 0 aliphatic heterocycles. The lowest BCUT2D eigenvalue weighted by molar-refractivity contribution is 0.0697. The first-order chi connectivity index (χ1) is 12.4. The fraction of sp³-hybridized carbons (Fsp3) is 0.143. The van der Waals surface area contributed by atoms with Crippen LogP contribution >= 0.6 is 11.6 Å². The van der Waals surface area contributed by atoms with E-state index in [9.17, 15) is 4.79 Å². The number of benzene rings is 2. The molecular weight excluding hydrogens is 348 g/mol. The number of hydrogen-bond acceptors (Lipinski definition) is 2. The second-order valence-electron chi connectivity index (χ2n) is 6.22. The Morgan fingerprint density at radius 2 is 1.77 bits per heavy atom. The Bertz CT molecular complexity index is 1000. The van der Waals surface area contributed by atoms with Gasteiger partial charge in [-0.25, -0.2) is 4.79 Å². The molecule has 3 rings (SSSR count). The van der Waals surface area contributed by atoms with Gasteiger partial charge in [0.1, 0.15) is 0 Å². The number of aromatic carboxylic acids is 1. The lowest BCUT2D eigenvalue weighted by Gasteiger charge is -2.11. The molecule has 1 aromatic heterocycles. The first-order valence-corrected chi connectivity index (χ1v) is 8.57. The van der Waals surface area contributed by atoms with Crippen LogP contribution in [0.1, 0.15) is 32.9 Å². The van der Waals surface area contributed by atoms with Gasteiger partial charge in [0.15, 0.2) is 0 Å². The highest BCUT2D eigenvalue weighted by Gasteiger charge is 2.13. The molecule has 0 saturated heterocycles. The van der Waals surface area contributed by atoms with Crippen molar-refractivity contribution in [3.63, 3.8) is 0 Å². The molecule has 0 bridgehead atoms. The van der Waals surface area contributed by atoms with Gasteiger partial charge in [-0.1, -0.05) is 29.3 Å². The van der Waals surface area contributed by atoms with E-state index in [1.807, 2.05) is 61.9 Å². The van der Waals surface area contributed by atoms with E-state index < -0.39 is 5.97 Å². The average Bonchev–Trinajstić information content (AvgIpc) is 2.87. The Labute approximate surface area is 157 Å². The lowest BCUT2D eigenvalue weighted by Crippen LogP contribution is -2.02. The molecule has 0 radical (unpaired) electrons. The van der Waals surface area contributed by atoms with Crippen LogP contribution in [0.2, 0.25) is 5.02 Å². The molecule has 0 unspecified atom stereocenters. The SMILES string of the molecule is Cc1ccc(N=Cc2cc(C)n(-c3ccc(C(=O)O)c(Cl)c3)c2C)cc1. The molecule has 3 aromatic rings. The summed E-state index contributed by atoms with van der Waals surface area (Å²) in [6.45, 7) is 6.04. The van der Waals surface area contributed by atoms with Gasteiger partial charge in [0.05, 0.1) is 16.3 Å². The van der Waals surface area contributed by atoms with Crippen LogP contribution < -0.4 is 0 Å². The van der Waals surface area contributed by atoms with Gasteiger partial charge in [-0.05, 0) is 57.2 Å². The maximum Gasteiger partial charge on any atom is 0.337 e. The minimum Gasteiger partial charge on any atom is -0.478 e. The number of carboxylic acids is 1. The summed E-state index contributed by atoms with van der Waals surface area (Å²) in [5, 5.41) is 9.35. The van der Waals surface area contributed by atoms with E-state index >= 15 is 0 Å². The topological polar surface area (TPSA) is 54.6 Å². The standard InChI is InChI=1S/C21H19ClN2O2/c1-13-4-6-17(7-5-13)23-12-16-10-14(2)24(15(16)3)18-8-9-19(21(25)26)20(22)11-18/h4-12H,1-3H3,(H,25,26). The summed E-state index contributed by atoms with van der Waals surface area (Å²) >= 11 is 6.12. The zero-order chi connectivity index (χ0) is 18.8. The van der Waals surface area contributed by atoms with E-state index in [1.165, 1.54) is 11.6 Å². The number of halogens is 1. The largest absolute Gasteiger partial charge is 0.478 e. The van der Waals surface area contributed by atoms with Crippen molar-refractivity contribution in [1.82, 2.24) is 4.57 Å². The van der Waals surface area contributed by atoms with Crippen LogP contribution in [0.25, 0.3) is 5.69 Å². The summed E-state index contributed by atoms with van der Waals surface area (Å²) in [5.41, 5.74) is 6.05. The molecule has 1 N–H and O–H groups in total. The summed E-state index contributed by atoms with van der Waals surface area (Å²) in [6, 6.07) is 15.0. The molecule has 0 aliphatic carbocycles. The molecule has 0 saturated carbocycles. The van der Waals surface area contributed by atoms with E-state index in [-0.39, 0.29) is 10.6 Å². The molecule has 4 nitrogen and oxygen atoms in total. The normalized spacial score (nSPS) is 11.2. The zero-order valence-corrected chi connectivity index (χ0v) is 15.6. The minimum atomic E-state index is -1.03. The molecule has 132 valence electrons. The number of carbonyl (C=O) groups is 1. The third kappa shape index (κ3) is 3.55. The van der Waals surface area contributed by atoms with Gasteiger partial charge < -0.3 is 9.67 Å².